The number of aromatic nitrogens is 3. The Labute approximate surface area is 264 Å². The van der Waals surface area contributed by atoms with Gasteiger partial charge in [0.15, 0.2) is 17.5 Å². The molecule has 10 rings (SSSR count). The number of benzene rings is 6. The van der Waals surface area contributed by atoms with Gasteiger partial charge >= 0.3 is 0 Å². The molecule has 45 heavy (non-hydrogen) atoms. The monoisotopic (exact) mass is 611 g/mol. The van der Waals surface area contributed by atoms with Crippen LogP contribution in [0.5, 0.6) is 0 Å². The summed E-state index contributed by atoms with van der Waals surface area (Å²) in [5, 5.41) is 7.17. The van der Waals surface area contributed by atoms with E-state index < -0.39 is 0 Å². The number of furan rings is 1. The molecule has 0 amide bonds. The van der Waals surface area contributed by atoms with Crippen LogP contribution in [0.2, 0.25) is 0 Å². The maximum Gasteiger partial charge on any atom is 0.164 e. The minimum atomic E-state index is 0.615. The third-order valence-corrected chi connectivity index (χ3v) is 10.8. The normalized spacial score (nSPS) is 12.0. The summed E-state index contributed by atoms with van der Waals surface area (Å²) in [6.07, 6.45) is 0. The lowest BCUT2D eigenvalue weighted by molar-refractivity contribution is 0.669. The van der Waals surface area contributed by atoms with Gasteiger partial charge in [0.25, 0.3) is 0 Å². The van der Waals surface area contributed by atoms with Crippen LogP contribution < -0.4 is 0 Å². The molecule has 0 spiro atoms. The second-order valence-electron chi connectivity index (χ2n) is 11.2. The van der Waals surface area contributed by atoms with Crippen molar-refractivity contribution in [3.8, 4) is 34.2 Å². The number of hydrogen-bond donors (Lipinski definition) is 0. The molecule has 6 heteroatoms. The van der Waals surface area contributed by atoms with E-state index in [1.165, 1.54) is 40.3 Å². The van der Waals surface area contributed by atoms with Gasteiger partial charge < -0.3 is 4.42 Å². The zero-order valence-corrected chi connectivity index (χ0v) is 25.3. The number of hydrogen-bond acceptors (Lipinski definition) is 6. The Morgan fingerprint density at radius 2 is 0.844 bits per heavy atom. The molecule has 4 nitrogen and oxygen atoms in total. The minimum Gasteiger partial charge on any atom is -0.456 e. The predicted molar refractivity (Wildman–Crippen MR) is 189 cm³/mol. The van der Waals surface area contributed by atoms with E-state index in [0.29, 0.717) is 17.5 Å². The fourth-order valence-electron chi connectivity index (χ4n) is 6.36. The number of nitrogens with zero attached hydrogens (tertiary/aromatic N) is 3. The van der Waals surface area contributed by atoms with Crippen molar-refractivity contribution in [2.45, 2.75) is 0 Å². The van der Waals surface area contributed by atoms with E-state index in [9.17, 15) is 0 Å². The van der Waals surface area contributed by atoms with Crippen LogP contribution in [0.4, 0.5) is 0 Å². The van der Waals surface area contributed by atoms with E-state index in [0.717, 1.165) is 38.6 Å². The van der Waals surface area contributed by atoms with Gasteiger partial charge in [-0.2, -0.15) is 0 Å². The van der Waals surface area contributed by atoms with Crippen LogP contribution in [-0.2, 0) is 0 Å². The predicted octanol–water partition coefficient (Wildman–Crippen LogP) is 11.5. The van der Waals surface area contributed by atoms with Gasteiger partial charge in [-0.05, 0) is 54.6 Å². The largest absolute Gasteiger partial charge is 0.456 e. The molecule has 4 aromatic heterocycles. The van der Waals surface area contributed by atoms with Crippen molar-refractivity contribution < 1.29 is 4.42 Å². The van der Waals surface area contributed by atoms with Crippen LogP contribution in [0.15, 0.2) is 132 Å². The summed E-state index contributed by atoms with van der Waals surface area (Å²) in [6.45, 7) is 0. The topological polar surface area (TPSA) is 51.8 Å². The molecule has 6 aromatic carbocycles. The van der Waals surface area contributed by atoms with Crippen molar-refractivity contribution >= 4 is 85.0 Å². The number of thiophene rings is 2. The molecular weight excluding hydrogens is 591 g/mol. The highest BCUT2D eigenvalue weighted by atomic mass is 32.1. The zero-order chi connectivity index (χ0) is 29.5. The quantitative estimate of drug-likeness (QED) is 0.199. The first-order valence-corrected chi connectivity index (χ1v) is 16.4. The van der Waals surface area contributed by atoms with Crippen molar-refractivity contribution in [3.63, 3.8) is 0 Å². The Balaban J connectivity index is 1.19. The summed E-state index contributed by atoms with van der Waals surface area (Å²) < 4.78 is 11.2. The summed E-state index contributed by atoms with van der Waals surface area (Å²) in [6, 6.07) is 44.5. The molecule has 0 saturated heterocycles. The SMILES string of the molecule is c1ccc2c(c1)oc1cc(-c3nc(-c4ccc5c(c4)sc4ccccc45)nc(-c4ccc5sc6ccccc6c5c4)n3)ccc12. The van der Waals surface area contributed by atoms with Crippen LogP contribution in [-0.4, -0.2) is 15.0 Å². The van der Waals surface area contributed by atoms with Crippen LogP contribution in [0.25, 0.3) is 96.4 Å². The van der Waals surface area contributed by atoms with Gasteiger partial charge in [-0.1, -0.05) is 72.8 Å². The van der Waals surface area contributed by atoms with Crippen molar-refractivity contribution in [1.82, 2.24) is 15.0 Å². The van der Waals surface area contributed by atoms with Gasteiger partial charge in [0.05, 0.1) is 0 Å². The standard InChI is InChI=1S/C39H21N3OS2/c1-4-10-31-25(7-1)26-16-13-23(20-32(26)43-31)38-40-37(22-15-18-35-30(19-22)28-9-3-6-12-34(28)44-35)41-39(42-38)24-14-17-29-27-8-2-5-11-33(27)45-36(29)21-24/h1-21H. The first-order valence-electron chi connectivity index (χ1n) is 14.8. The number of rotatable bonds is 3. The van der Waals surface area contributed by atoms with E-state index in [1.807, 2.05) is 35.6 Å². The lowest BCUT2D eigenvalue weighted by Gasteiger charge is -2.09. The highest BCUT2D eigenvalue weighted by molar-refractivity contribution is 7.26. The number of fused-ring (bicyclic) bond motifs is 9. The Morgan fingerprint density at radius 1 is 0.356 bits per heavy atom. The molecule has 0 aliphatic carbocycles. The average molecular weight is 612 g/mol. The van der Waals surface area contributed by atoms with E-state index >= 15 is 0 Å². The van der Waals surface area contributed by atoms with E-state index in [-0.39, 0.29) is 0 Å². The highest BCUT2D eigenvalue weighted by Gasteiger charge is 2.17. The first-order chi connectivity index (χ1) is 22.2. The fraction of sp³-hybridized carbons (Fsp3) is 0. The third kappa shape index (κ3) is 3.93. The van der Waals surface area contributed by atoms with Crippen molar-refractivity contribution in [1.29, 1.82) is 0 Å². The molecule has 0 N–H and O–H groups in total. The van der Waals surface area contributed by atoms with E-state index in [1.54, 1.807) is 11.3 Å². The molecule has 4 heterocycles. The van der Waals surface area contributed by atoms with Crippen molar-refractivity contribution in [3.05, 3.63) is 127 Å². The van der Waals surface area contributed by atoms with Crippen molar-refractivity contribution in [2.75, 3.05) is 0 Å². The minimum absolute atomic E-state index is 0.615. The second kappa shape index (κ2) is 9.53. The second-order valence-corrected chi connectivity index (χ2v) is 13.4. The van der Waals surface area contributed by atoms with Crippen molar-refractivity contribution in [2.24, 2.45) is 0 Å². The van der Waals surface area contributed by atoms with Crippen LogP contribution in [0.3, 0.4) is 0 Å². The van der Waals surface area contributed by atoms with Crippen LogP contribution in [0, 0.1) is 0 Å². The third-order valence-electron chi connectivity index (χ3n) is 8.54. The molecule has 10 aromatic rings. The maximum atomic E-state index is 6.23. The van der Waals surface area contributed by atoms with Gasteiger partial charge in [0.2, 0.25) is 0 Å². The summed E-state index contributed by atoms with van der Waals surface area (Å²) in [7, 11) is 0. The Morgan fingerprint density at radius 3 is 1.60 bits per heavy atom. The summed E-state index contributed by atoms with van der Waals surface area (Å²) in [5.41, 5.74) is 4.50. The van der Waals surface area contributed by atoms with Gasteiger partial charge in [0.1, 0.15) is 11.2 Å². The molecule has 0 aliphatic heterocycles. The average Bonchev–Trinajstić information content (AvgIpc) is 3.78. The lowest BCUT2D eigenvalue weighted by Crippen LogP contribution is -2.00. The van der Waals surface area contributed by atoms with Gasteiger partial charge in [-0.15, -0.1) is 22.7 Å². The highest BCUT2D eigenvalue weighted by Crippen LogP contribution is 2.39. The molecule has 0 saturated carbocycles. The van der Waals surface area contributed by atoms with E-state index in [4.69, 9.17) is 19.4 Å². The molecule has 0 atom stereocenters. The van der Waals surface area contributed by atoms with Crippen LogP contribution in [0.1, 0.15) is 0 Å². The summed E-state index contributed by atoms with van der Waals surface area (Å²) in [4.78, 5) is 15.2. The summed E-state index contributed by atoms with van der Waals surface area (Å²) >= 11 is 3.60. The summed E-state index contributed by atoms with van der Waals surface area (Å²) in [5.74, 6) is 1.91. The molecule has 0 unspecified atom stereocenters. The Bertz CT molecular complexity index is 2660. The molecule has 0 radical (unpaired) electrons. The Hall–Kier alpha value is -5.43. The first kappa shape index (κ1) is 25.0. The lowest BCUT2D eigenvalue weighted by atomic mass is 10.1. The van der Waals surface area contributed by atoms with Gasteiger partial charge in [-0.3, -0.25) is 0 Å². The van der Waals surface area contributed by atoms with Gasteiger partial charge in [0, 0.05) is 67.8 Å². The molecule has 0 aliphatic rings. The zero-order valence-electron chi connectivity index (χ0n) is 23.7. The van der Waals surface area contributed by atoms with E-state index in [2.05, 4.69) is 103 Å². The molecule has 0 bridgehead atoms. The maximum absolute atomic E-state index is 6.23. The molecule has 0 fully saturated rings. The van der Waals surface area contributed by atoms with Gasteiger partial charge in [-0.25, -0.2) is 15.0 Å². The molecular formula is C39H21N3OS2. The Kier molecular flexibility index (Phi) is 5.29. The number of para-hydroxylation sites is 1. The smallest absolute Gasteiger partial charge is 0.164 e. The van der Waals surface area contributed by atoms with Crippen LogP contribution >= 0.6 is 22.7 Å². The molecule has 210 valence electrons. The fourth-order valence-corrected chi connectivity index (χ4v) is 8.59.